The molecule has 1 amide bonds. The number of unbranched alkanes of at least 4 members (excludes halogenated alkanes) is 41. The number of carbonyl (C=O) groups is 2. The third kappa shape index (κ3) is 53.5. The minimum Gasteiger partial charge on any atom is -0.466 e. The van der Waals surface area contributed by atoms with Gasteiger partial charge in [0.15, 0.2) is 0 Å². The molecule has 2 atom stereocenters. The highest BCUT2D eigenvalue weighted by Crippen LogP contribution is 2.18. The van der Waals surface area contributed by atoms with Gasteiger partial charge in [-0.3, -0.25) is 9.59 Å². The van der Waals surface area contributed by atoms with Crippen LogP contribution in [0.25, 0.3) is 0 Å². The minimum atomic E-state index is -0.661. The van der Waals surface area contributed by atoms with Crippen molar-refractivity contribution >= 4 is 11.9 Å². The van der Waals surface area contributed by atoms with E-state index in [4.69, 9.17) is 4.74 Å². The van der Waals surface area contributed by atoms with E-state index in [0.717, 1.165) is 51.4 Å². The second kappa shape index (κ2) is 56.9. The second-order valence-corrected chi connectivity index (χ2v) is 20.7. The van der Waals surface area contributed by atoms with Crippen molar-refractivity contribution < 1.29 is 24.5 Å². The van der Waals surface area contributed by atoms with Gasteiger partial charge in [0.05, 0.1) is 25.4 Å². The van der Waals surface area contributed by atoms with E-state index < -0.39 is 12.1 Å². The quantitative estimate of drug-likeness (QED) is 0.0321. The summed E-state index contributed by atoms with van der Waals surface area (Å²) in [6, 6.07) is -0.538. The molecule has 0 aliphatic rings. The number of rotatable bonds is 56. The molecule has 67 heavy (non-hydrogen) atoms. The Bertz CT molecular complexity index is 1040. The Morgan fingerprint density at radius 2 is 0.746 bits per heavy atom. The molecule has 2 unspecified atom stereocenters. The van der Waals surface area contributed by atoms with Gasteiger partial charge in [0.25, 0.3) is 0 Å². The molecule has 0 bridgehead atoms. The van der Waals surface area contributed by atoms with Gasteiger partial charge in [-0.05, 0) is 57.8 Å². The Kier molecular flexibility index (Phi) is 55.5. The lowest BCUT2D eigenvalue weighted by Gasteiger charge is -2.22. The van der Waals surface area contributed by atoms with Crippen molar-refractivity contribution in [2.75, 3.05) is 13.2 Å². The van der Waals surface area contributed by atoms with E-state index in [1.807, 2.05) is 0 Å². The predicted octanol–water partition coefficient (Wildman–Crippen LogP) is 18.6. The highest BCUT2D eigenvalue weighted by atomic mass is 16.5. The molecule has 0 fully saturated rings. The van der Waals surface area contributed by atoms with Crippen molar-refractivity contribution in [3.8, 4) is 0 Å². The molecule has 0 aliphatic heterocycles. The lowest BCUT2D eigenvalue weighted by Crippen LogP contribution is -2.45. The normalized spacial score (nSPS) is 12.7. The fourth-order valence-corrected chi connectivity index (χ4v) is 9.38. The van der Waals surface area contributed by atoms with E-state index in [0.29, 0.717) is 25.9 Å². The van der Waals surface area contributed by atoms with Gasteiger partial charge < -0.3 is 20.3 Å². The summed E-state index contributed by atoms with van der Waals surface area (Å²) in [5.74, 6) is -0.0327. The molecule has 0 aromatic carbocycles. The number of hydrogen-bond acceptors (Lipinski definition) is 5. The van der Waals surface area contributed by atoms with Crippen LogP contribution in [0.15, 0.2) is 24.3 Å². The van der Waals surface area contributed by atoms with Gasteiger partial charge in [0.1, 0.15) is 0 Å². The fourth-order valence-electron chi connectivity index (χ4n) is 9.38. The predicted molar refractivity (Wildman–Crippen MR) is 292 cm³/mol. The first-order valence-electron chi connectivity index (χ1n) is 30.1. The minimum absolute atomic E-state index is 0.00208. The molecular weight excluding hydrogens is 827 g/mol. The van der Waals surface area contributed by atoms with E-state index in [9.17, 15) is 19.8 Å². The average Bonchev–Trinajstić information content (AvgIpc) is 3.33. The van der Waals surface area contributed by atoms with E-state index >= 15 is 0 Å². The molecule has 0 spiro atoms. The molecule has 0 rings (SSSR count). The van der Waals surface area contributed by atoms with Gasteiger partial charge in [-0.15, -0.1) is 0 Å². The van der Waals surface area contributed by atoms with Crippen molar-refractivity contribution in [3.63, 3.8) is 0 Å². The van der Waals surface area contributed by atoms with E-state index in [2.05, 4.69) is 43.5 Å². The maximum absolute atomic E-state index is 12.4. The van der Waals surface area contributed by atoms with Crippen LogP contribution in [0.1, 0.15) is 328 Å². The zero-order valence-electron chi connectivity index (χ0n) is 45.1. The number of nitrogens with one attached hydrogen (secondary N) is 1. The molecule has 0 heterocycles. The highest BCUT2D eigenvalue weighted by Gasteiger charge is 2.20. The topological polar surface area (TPSA) is 95.9 Å². The molecule has 0 aromatic heterocycles. The van der Waals surface area contributed by atoms with Crippen LogP contribution in [0, 0.1) is 0 Å². The molecule has 396 valence electrons. The second-order valence-electron chi connectivity index (χ2n) is 20.7. The van der Waals surface area contributed by atoms with Gasteiger partial charge in [-0.25, -0.2) is 0 Å². The number of aliphatic hydroxyl groups excluding tert-OH is 2. The largest absolute Gasteiger partial charge is 0.466 e. The standard InChI is InChI=1S/C61H117NO5/c1-3-5-7-9-11-13-15-16-17-29-32-35-39-43-47-51-55-61(66)67-56-52-48-44-40-36-33-30-27-25-23-21-19-18-20-22-24-26-28-31-34-38-42-46-50-54-60(65)62-58(57-63)59(64)53-49-45-41-37-14-12-10-8-6-4-2/h13,15,17,29,58-59,63-64H,3-12,14,16,18-28,30-57H2,1-2H3,(H,62,65)/b15-13-,29-17-. The Labute approximate surface area is 418 Å². The number of aliphatic hydroxyl groups is 2. The maximum atomic E-state index is 12.4. The summed E-state index contributed by atoms with van der Waals surface area (Å²) in [7, 11) is 0. The number of carbonyl (C=O) groups excluding carboxylic acids is 2. The van der Waals surface area contributed by atoms with Crippen LogP contribution in [0.2, 0.25) is 0 Å². The first-order valence-corrected chi connectivity index (χ1v) is 30.1. The molecule has 0 saturated heterocycles. The van der Waals surface area contributed by atoms with Crippen molar-refractivity contribution in [2.24, 2.45) is 0 Å². The van der Waals surface area contributed by atoms with Crippen LogP contribution >= 0.6 is 0 Å². The van der Waals surface area contributed by atoms with E-state index in [-0.39, 0.29) is 18.5 Å². The Hall–Kier alpha value is -1.66. The van der Waals surface area contributed by atoms with Crippen molar-refractivity contribution in [1.82, 2.24) is 5.32 Å². The highest BCUT2D eigenvalue weighted by molar-refractivity contribution is 5.76. The summed E-state index contributed by atoms with van der Waals surface area (Å²) in [6.45, 7) is 4.93. The van der Waals surface area contributed by atoms with Crippen LogP contribution in [0.5, 0.6) is 0 Å². The zero-order chi connectivity index (χ0) is 48.6. The van der Waals surface area contributed by atoms with E-state index in [1.54, 1.807) is 0 Å². The van der Waals surface area contributed by atoms with Gasteiger partial charge in [-0.1, -0.05) is 282 Å². The van der Waals surface area contributed by atoms with E-state index in [1.165, 1.54) is 244 Å². The first kappa shape index (κ1) is 65.3. The summed E-state index contributed by atoms with van der Waals surface area (Å²) in [5, 5.41) is 23.2. The number of ether oxygens (including phenoxy) is 1. The molecule has 3 N–H and O–H groups in total. The summed E-state index contributed by atoms with van der Waals surface area (Å²) < 4.78 is 5.48. The van der Waals surface area contributed by atoms with Crippen LogP contribution < -0.4 is 5.32 Å². The molecule has 6 nitrogen and oxygen atoms in total. The van der Waals surface area contributed by atoms with Gasteiger partial charge in [0.2, 0.25) is 5.91 Å². The van der Waals surface area contributed by atoms with Gasteiger partial charge in [-0.2, -0.15) is 0 Å². The summed E-state index contributed by atoms with van der Waals surface area (Å²) in [5.41, 5.74) is 0. The maximum Gasteiger partial charge on any atom is 0.305 e. The molecule has 0 aromatic rings. The summed E-state index contributed by atoms with van der Waals surface area (Å²) in [6.07, 6.45) is 69.0. The number of allylic oxidation sites excluding steroid dienone is 4. The smallest absolute Gasteiger partial charge is 0.305 e. The molecule has 0 aliphatic carbocycles. The first-order chi connectivity index (χ1) is 33.0. The monoisotopic (exact) mass is 944 g/mol. The molecule has 0 saturated carbocycles. The third-order valence-corrected chi connectivity index (χ3v) is 14.0. The van der Waals surface area contributed by atoms with Crippen molar-refractivity contribution in [1.29, 1.82) is 0 Å². The lowest BCUT2D eigenvalue weighted by molar-refractivity contribution is -0.143. The Morgan fingerprint density at radius 3 is 1.15 bits per heavy atom. The number of esters is 1. The van der Waals surface area contributed by atoms with Gasteiger partial charge >= 0.3 is 5.97 Å². The fraction of sp³-hybridized carbons (Fsp3) is 0.902. The molecule has 0 radical (unpaired) electrons. The number of amides is 1. The molecule has 6 heteroatoms. The molecular formula is C61H117NO5. The van der Waals surface area contributed by atoms with Crippen molar-refractivity contribution in [2.45, 2.75) is 341 Å². The van der Waals surface area contributed by atoms with Crippen LogP contribution in [0.4, 0.5) is 0 Å². The average molecular weight is 945 g/mol. The SMILES string of the molecule is CCCCCC/C=C\C/C=C\CCCCCCCC(=O)OCCCCCCCCCCCCCCCCCCCCCCCCCCC(=O)NC(CO)C(O)CCCCCCCCCCCC. The third-order valence-electron chi connectivity index (χ3n) is 14.0. The van der Waals surface area contributed by atoms with Crippen LogP contribution in [0.3, 0.4) is 0 Å². The Morgan fingerprint density at radius 1 is 0.418 bits per heavy atom. The van der Waals surface area contributed by atoms with Crippen molar-refractivity contribution in [3.05, 3.63) is 24.3 Å². The van der Waals surface area contributed by atoms with Crippen LogP contribution in [-0.4, -0.2) is 47.4 Å². The van der Waals surface area contributed by atoms with Gasteiger partial charge in [0, 0.05) is 12.8 Å². The lowest BCUT2D eigenvalue weighted by atomic mass is 10.0. The zero-order valence-corrected chi connectivity index (χ0v) is 45.1. The summed E-state index contributed by atoms with van der Waals surface area (Å²) >= 11 is 0. The summed E-state index contributed by atoms with van der Waals surface area (Å²) in [4.78, 5) is 24.5. The number of hydrogen-bond donors (Lipinski definition) is 3. The Balaban J connectivity index is 3.34. The van der Waals surface area contributed by atoms with Crippen LogP contribution in [-0.2, 0) is 14.3 Å².